The number of rotatable bonds is 6. The molecule has 0 atom stereocenters. The topological polar surface area (TPSA) is 73.2 Å². The van der Waals surface area contributed by atoms with Crippen LogP contribution in [0.15, 0.2) is 47.6 Å². The number of nitrogens with zero attached hydrogens (tertiary/aromatic N) is 4. The summed E-state index contributed by atoms with van der Waals surface area (Å²) in [4.78, 5) is 13.3. The highest BCUT2D eigenvalue weighted by molar-refractivity contribution is 14.0. The van der Waals surface area contributed by atoms with Crippen molar-refractivity contribution in [3.63, 3.8) is 0 Å². The number of aliphatic imine (C=N–C) groups is 1. The van der Waals surface area contributed by atoms with E-state index in [1.807, 2.05) is 43.6 Å². The van der Waals surface area contributed by atoms with Gasteiger partial charge in [0, 0.05) is 52.0 Å². The summed E-state index contributed by atoms with van der Waals surface area (Å²) < 4.78 is 5.70. The Morgan fingerprint density at radius 2 is 1.93 bits per heavy atom. The van der Waals surface area contributed by atoms with Gasteiger partial charge in [-0.1, -0.05) is 18.2 Å². The van der Waals surface area contributed by atoms with Crippen LogP contribution in [0.25, 0.3) is 0 Å². The van der Waals surface area contributed by atoms with E-state index in [4.69, 9.17) is 4.74 Å². The predicted molar refractivity (Wildman–Crippen MR) is 130 cm³/mol. The molecule has 1 aliphatic heterocycles. The lowest BCUT2D eigenvalue weighted by Crippen LogP contribution is -2.52. The molecule has 1 aromatic heterocycles. The molecule has 2 aromatic rings. The zero-order chi connectivity index (χ0) is 20.1. The molecule has 2 N–H and O–H groups in total. The molecule has 0 bridgehead atoms. The summed E-state index contributed by atoms with van der Waals surface area (Å²) in [6.07, 6.45) is 4.42. The van der Waals surface area contributed by atoms with Crippen LogP contribution < -0.4 is 15.0 Å². The average molecular weight is 523 g/mol. The Kier molecular flexibility index (Phi) is 8.01. The van der Waals surface area contributed by atoms with E-state index in [-0.39, 0.29) is 24.0 Å². The standard InChI is InChI=1S/C22H29N5O2.HI/c1-23-22(25-15-18-8-9-21(24-14-18)29-16-17-6-7-17)27-12-10-26(11-13-27)19-4-2-3-5-20(19)28;/h2-5,8-9,14,17,28H,6-7,10-13,15-16H2,1H3,(H,23,25);1H. The number of ether oxygens (including phenoxy) is 1. The van der Waals surface area contributed by atoms with Gasteiger partial charge >= 0.3 is 0 Å². The lowest BCUT2D eigenvalue weighted by atomic mass is 10.2. The largest absolute Gasteiger partial charge is 0.506 e. The summed E-state index contributed by atoms with van der Waals surface area (Å²) in [5.74, 6) is 2.65. The van der Waals surface area contributed by atoms with E-state index in [0.717, 1.165) is 55.9 Å². The van der Waals surface area contributed by atoms with E-state index in [9.17, 15) is 5.11 Å². The van der Waals surface area contributed by atoms with Crippen LogP contribution in [0.2, 0.25) is 0 Å². The van der Waals surface area contributed by atoms with Gasteiger partial charge in [0.2, 0.25) is 5.88 Å². The summed E-state index contributed by atoms with van der Waals surface area (Å²) in [5.41, 5.74) is 1.99. The lowest BCUT2D eigenvalue weighted by molar-refractivity contribution is 0.288. The number of halogens is 1. The van der Waals surface area contributed by atoms with Gasteiger partial charge in [-0.15, -0.1) is 24.0 Å². The molecule has 1 aromatic carbocycles. The van der Waals surface area contributed by atoms with Crippen LogP contribution in [0, 0.1) is 5.92 Å². The number of aromatic nitrogens is 1. The summed E-state index contributed by atoms with van der Waals surface area (Å²) in [6, 6.07) is 11.5. The number of phenolic OH excluding ortho intramolecular Hbond substituents is 1. The normalized spacial score (nSPS) is 16.8. The number of aromatic hydroxyl groups is 1. The first-order valence-electron chi connectivity index (χ1n) is 10.3. The van der Waals surface area contributed by atoms with Crippen molar-refractivity contribution in [2.45, 2.75) is 19.4 Å². The van der Waals surface area contributed by atoms with Crippen molar-refractivity contribution < 1.29 is 9.84 Å². The van der Waals surface area contributed by atoms with E-state index < -0.39 is 0 Å². The van der Waals surface area contributed by atoms with Gasteiger partial charge in [-0.05, 0) is 36.5 Å². The number of pyridine rings is 1. The first kappa shape index (κ1) is 22.5. The predicted octanol–water partition coefficient (Wildman–Crippen LogP) is 3.09. The van der Waals surface area contributed by atoms with Crippen LogP contribution in [-0.2, 0) is 6.54 Å². The molecule has 1 saturated carbocycles. The van der Waals surface area contributed by atoms with Crippen molar-refractivity contribution in [2.24, 2.45) is 10.9 Å². The lowest BCUT2D eigenvalue weighted by Gasteiger charge is -2.37. The van der Waals surface area contributed by atoms with Crippen LogP contribution in [0.3, 0.4) is 0 Å². The Bertz CT molecular complexity index is 834. The SMILES string of the molecule is CN=C(NCc1ccc(OCC2CC2)nc1)N1CCN(c2ccccc2O)CC1.I. The Hall–Kier alpha value is -2.23. The highest BCUT2D eigenvalue weighted by Gasteiger charge is 2.22. The number of benzene rings is 1. The Labute approximate surface area is 195 Å². The van der Waals surface area contributed by atoms with Crippen LogP contribution in [-0.4, -0.2) is 60.8 Å². The molecule has 8 heteroatoms. The Morgan fingerprint density at radius 1 is 1.17 bits per heavy atom. The highest BCUT2D eigenvalue weighted by atomic mass is 127. The molecular formula is C22H30IN5O2. The van der Waals surface area contributed by atoms with Gasteiger partial charge in [0.05, 0.1) is 12.3 Å². The molecule has 2 fully saturated rings. The van der Waals surface area contributed by atoms with E-state index in [0.29, 0.717) is 18.2 Å². The summed E-state index contributed by atoms with van der Waals surface area (Å²) in [6.45, 7) is 4.83. The van der Waals surface area contributed by atoms with E-state index in [1.165, 1.54) is 12.8 Å². The fourth-order valence-corrected chi connectivity index (χ4v) is 3.49. The maximum Gasteiger partial charge on any atom is 0.213 e. The quantitative estimate of drug-likeness (QED) is 0.345. The van der Waals surface area contributed by atoms with E-state index in [2.05, 4.69) is 25.1 Å². The monoisotopic (exact) mass is 523 g/mol. The Morgan fingerprint density at radius 3 is 2.57 bits per heavy atom. The highest BCUT2D eigenvalue weighted by Crippen LogP contribution is 2.29. The molecule has 0 amide bonds. The molecule has 2 heterocycles. The second-order valence-corrected chi connectivity index (χ2v) is 7.62. The smallest absolute Gasteiger partial charge is 0.213 e. The second-order valence-electron chi connectivity index (χ2n) is 7.62. The van der Waals surface area contributed by atoms with E-state index >= 15 is 0 Å². The number of piperazine rings is 1. The third kappa shape index (κ3) is 5.90. The number of phenols is 1. The maximum atomic E-state index is 10.1. The minimum Gasteiger partial charge on any atom is -0.506 e. The zero-order valence-electron chi connectivity index (χ0n) is 17.3. The van der Waals surface area contributed by atoms with Crippen molar-refractivity contribution in [2.75, 3.05) is 44.7 Å². The van der Waals surface area contributed by atoms with Crippen LogP contribution in [0.4, 0.5) is 5.69 Å². The van der Waals surface area contributed by atoms with E-state index in [1.54, 1.807) is 6.07 Å². The summed E-state index contributed by atoms with van der Waals surface area (Å²) >= 11 is 0. The molecule has 0 spiro atoms. The van der Waals surface area contributed by atoms with Crippen molar-refractivity contribution in [3.05, 3.63) is 48.2 Å². The molecule has 1 saturated heterocycles. The van der Waals surface area contributed by atoms with Crippen molar-refractivity contribution in [1.29, 1.82) is 0 Å². The van der Waals surface area contributed by atoms with Gasteiger partial charge in [-0.25, -0.2) is 4.98 Å². The van der Waals surface area contributed by atoms with Crippen molar-refractivity contribution >= 4 is 35.6 Å². The molecule has 7 nitrogen and oxygen atoms in total. The number of guanidine groups is 1. The van der Waals surface area contributed by atoms with Crippen molar-refractivity contribution in [3.8, 4) is 11.6 Å². The van der Waals surface area contributed by atoms with Crippen LogP contribution in [0.1, 0.15) is 18.4 Å². The molecule has 30 heavy (non-hydrogen) atoms. The fraction of sp³-hybridized carbons (Fsp3) is 0.455. The van der Waals surface area contributed by atoms with Gasteiger partial charge in [0.15, 0.2) is 5.96 Å². The van der Waals surface area contributed by atoms with Crippen molar-refractivity contribution in [1.82, 2.24) is 15.2 Å². The number of anilines is 1. The minimum atomic E-state index is 0. The van der Waals surface area contributed by atoms with Gasteiger partial charge in [0.25, 0.3) is 0 Å². The average Bonchev–Trinajstić information content (AvgIpc) is 3.59. The first-order chi connectivity index (χ1) is 14.2. The molecular weight excluding hydrogens is 493 g/mol. The molecule has 1 aliphatic carbocycles. The fourth-order valence-electron chi connectivity index (χ4n) is 3.49. The van der Waals surface area contributed by atoms with Gasteiger partial charge in [-0.3, -0.25) is 4.99 Å². The molecule has 162 valence electrons. The third-order valence-electron chi connectivity index (χ3n) is 5.43. The van der Waals surface area contributed by atoms with Gasteiger partial charge < -0.3 is 25.0 Å². The number of para-hydroxylation sites is 2. The van der Waals surface area contributed by atoms with Crippen LogP contribution in [0.5, 0.6) is 11.6 Å². The number of hydrogen-bond acceptors (Lipinski definition) is 5. The molecule has 0 radical (unpaired) electrons. The first-order valence-corrected chi connectivity index (χ1v) is 10.3. The van der Waals surface area contributed by atoms with Gasteiger partial charge in [-0.2, -0.15) is 0 Å². The molecule has 0 unspecified atom stereocenters. The minimum absolute atomic E-state index is 0. The number of nitrogens with one attached hydrogen (secondary N) is 1. The number of hydrogen-bond donors (Lipinski definition) is 2. The zero-order valence-corrected chi connectivity index (χ0v) is 19.7. The summed E-state index contributed by atoms with van der Waals surface area (Å²) in [7, 11) is 1.81. The Balaban J connectivity index is 0.00000256. The molecule has 2 aliphatic rings. The summed E-state index contributed by atoms with van der Waals surface area (Å²) in [5, 5.41) is 13.5. The molecule has 4 rings (SSSR count). The van der Waals surface area contributed by atoms with Crippen LogP contribution >= 0.6 is 24.0 Å². The maximum absolute atomic E-state index is 10.1. The second kappa shape index (κ2) is 10.7. The van der Waals surface area contributed by atoms with Gasteiger partial charge in [0.1, 0.15) is 5.75 Å². The third-order valence-corrected chi connectivity index (χ3v) is 5.43.